The molecule has 0 saturated carbocycles. The van der Waals surface area contributed by atoms with Gasteiger partial charge in [-0.1, -0.05) is 0 Å². The molecule has 0 N–H and O–H groups in total. The summed E-state index contributed by atoms with van der Waals surface area (Å²) < 4.78 is 124. The number of rotatable bonds is 9. The van der Waals surface area contributed by atoms with Gasteiger partial charge in [0.05, 0.1) is 19.6 Å². The third-order valence-corrected chi connectivity index (χ3v) is 7.09. The summed E-state index contributed by atoms with van der Waals surface area (Å²) in [6.07, 6.45) is 0. The first kappa shape index (κ1) is 45.8. The highest BCUT2D eigenvalue weighted by atomic mass is 19.5. The third kappa shape index (κ3) is 22.9. The Kier molecular flexibility index (Phi) is 18.5. The Morgan fingerprint density at radius 3 is 0.653 bits per heavy atom. The zero-order valence-electron chi connectivity index (χ0n) is 29.3. The number of hydrogen-bond acceptors (Lipinski definition) is 1. The molecule has 0 aliphatic carbocycles. The van der Waals surface area contributed by atoms with Crippen LogP contribution in [0.1, 0.15) is 50.9 Å². The molecule has 3 heterocycles. The Morgan fingerprint density at radius 1 is 0.367 bits per heavy atom. The molecule has 0 fully saturated rings. The van der Waals surface area contributed by atoms with Crippen molar-refractivity contribution in [2.75, 3.05) is 19.6 Å². The van der Waals surface area contributed by atoms with E-state index >= 15 is 0 Å². The van der Waals surface area contributed by atoms with Gasteiger partial charge in [-0.3, -0.25) is 4.90 Å². The molecule has 0 unspecified atom stereocenters. The van der Waals surface area contributed by atoms with Crippen LogP contribution in [0.4, 0.5) is 51.8 Å². The highest BCUT2D eigenvalue weighted by molar-refractivity contribution is 6.50. The van der Waals surface area contributed by atoms with Crippen LogP contribution in [0, 0.1) is 62.3 Å². The molecule has 19 heteroatoms. The van der Waals surface area contributed by atoms with Gasteiger partial charge in [-0.05, 0) is 37.5 Å². The van der Waals surface area contributed by atoms with E-state index in [1.807, 2.05) is 0 Å². The Balaban J connectivity index is 0.00000128. The summed E-state index contributed by atoms with van der Waals surface area (Å²) in [5.41, 5.74) is 12.1. The van der Waals surface area contributed by atoms with Gasteiger partial charge in [-0.15, -0.1) is 0 Å². The first-order valence-electron chi connectivity index (χ1n) is 15.3. The van der Waals surface area contributed by atoms with Crippen molar-refractivity contribution in [2.45, 2.75) is 81.9 Å². The van der Waals surface area contributed by atoms with Gasteiger partial charge in [0.1, 0.15) is 0 Å². The fourth-order valence-electron chi connectivity index (χ4n) is 5.52. The van der Waals surface area contributed by atoms with Gasteiger partial charge in [-0.25, -0.2) is 0 Å². The van der Waals surface area contributed by atoms with E-state index in [1.165, 1.54) is 50.9 Å². The number of halogens is 12. The summed E-state index contributed by atoms with van der Waals surface area (Å²) in [5, 5.41) is 0. The molecular formula is C30H45B3F12N4. The van der Waals surface area contributed by atoms with Gasteiger partial charge in [-0.2, -0.15) is 13.7 Å². The van der Waals surface area contributed by atoms with Crippen LogP contribution < -0.4 is 13.7 Å². The minimum Gasteiger partial charge on any atom is -0.418 e. The van der Waals surface area contributed by atoms with Crippen molar-refractivity contribution in [3.05, 3.63) is 87.3 Å². The quantitative estimate of drug-likeness (QED) is 0.125. The predicted octanol–water partition coefficient (Wildman–Crippen LogP) is 7.93. The maximum atomic E-state index is 9.75. The second-order valence-electron chi connectivity index (χ2n) is 11.7. The van der Waals surface area contributed by atoms with Crippen LogP contribution in [0.2, 0.25) is 0 Å². The van der Waals surface area contributed by atoms with E-state index in [1.54, 1.807) is 0 Å². The highest BCUT2D eigenvalue weighted by Crippen LogP contribution is 2.08. The second-order valence-corrected chi connectivity index (χ2v) is 11.7. The maximum absolute atomic E-state index is 9.75. The largest absolute Gasteiger partial charge is 0.673 e. The molecule has 0 bridgehead atoms. The van der Waals surface area contributed by atoms with Gasteiger partial charge in [0.2, 0.25) is 0 Å². The summed E-state index contributed by atoms with van der Waals surface area (Å²) in [6, 6.07) is 13.8. The molecule has 4 nitrogen and oxygen atoms in total. The molecule has 0 spiro atoms. The van der Waals surface area contributed by atoms with Crippen LogP contribution in [0.25, 0.3) is 0 Å². The molecule has 0 saturated heterocycles. The number of aryl methyl sites for hydroxylation is 9. The smallest absolute Gasteiger partial charge is 0.418 e. The van der Waals surface area contributed by atoms with Crippen LogP contribution in [0.15, 0.2) is 36.4 Å². The summed E-state index contributed by atoms with van der Waals surface area (Å²) in [7, 11) is -18.0. The molecule has 3 aromatic heterocycles. The lowest BCUT2D eigenvalue weighted by molar-refractivity contribution is -0.717. The molecule has 3 rings (SSSR count). The van der Waals surface area contributed by atoms with Gasteiger partial charge in [0.25, 0.3) is 0 Å². The summed E-state index contributed by atoms with van der Waals surface area (Å²) in [4.78, 5) is 2.64. The fourth-order valence-corrected chi connectivity index (χ4v) is 5.52. The average Bonchev–Trinajstić information content (AvgIpc) is 2.83. The van der Waals surface area contributed by atoms with Crippen LogP contribution in [0.3, 0.4) is 0 Å². The lowest BCUT2D eigenvalue weighted by Gasteiger charge is -2.20. The van der Waals surface area contributed by atoms with E-state index in [4.69, 9.17) is 0 Å². The number of pyridine rings is 3. The van der Waals surface area contributed by atoms with Crippen molar-refractivity contribution in [1.82, 2.24) is 4.90 Å². The van der Waals surface area contributed by atoms with Crippen LogP contribution in [0.5, 0.6) is 0 Å². The molecule has 0 aliphatic rings. The Morgan fingerprint density at radius 2 is 0.510 bits per heavy atom. The normalized spacial score (nSPS) is 11.6. The molecule has 278 valence electrons. The molecule has 3 aromatic rings. The molecule has 0 aromatic carbocycles. The fraction of sp³-hybridized carbons (Fsp3) is 0.500. The van der Waals surface area contributed by atoms with Crippen LogP contribution in [-0.2, 0) is 19.6 Å². The first-order valence-corrected chi connectivity index (χ1v) is 15.3. The molecule has 0 amide bonds. The van der Waals surface area contributed by atoms with E-state index in [0.717, 1.165) is 39.3 Å². The van der Waals surface area contributed by atoms with E-state index in [9.17, 15) is 51.8 Å². The number of hydrogen-bond donors (Lipinski definition) is 0. The summed E-state index contributed by atoms with van der Waals surface area (Å²) in [6.45, 7) is 26.1. The molecular weight excluding hydrogens is 677 g/mol. The monoisotopic (exact) mass is 722 g/mol. The third-order valence-electron chi connectivity index (χ3n) is 7.09. The van der Waals surface area contributed by atoms with Crippen molar-refractivity contribution in [3.63, 3.8) is 0 Å². The topological polar surface area (TPSA) is 14.9 Å². The van der Waals surface area contributed by atoms with E-state index in [-0.39, 0.29) is 0 Å². The van der Waals surface area contributed by atoms with Crippen molar-refractivity contribution in [1.29, 1.82) is 0 Å². The van der Waals surface area contributed by atoms with Gasteiger partial charge in [0, 0.05) is 77.9 Å². The number of nitrogens with zero attached hydrogens (tertiary/aromatic N) is 4. The summed E-state index contributed by atoms with van der Waals surface area (Å²) >= 11 is 0. The summed E-state index contributed by atoms with van der Waals surface area (Å²) in [5.74, 6) is 0. The lowest BCUT2D eigenvalue weighted by atomic mass is 10.2. The van der Waals surface area contributed by atoms with Crippen molar-refractivity contribution < 1.29 is 65.5 Å². The first-order chi connectivity index (χ1) is 22.0. The minimum atomic E-state index is -6.00. The van der Waals surface area contributed by atoms with Crippen LogP contribution >= 0.6 is 0 Å². The Labute approximate surface area is 281 Å². The van der Waals surface area contributed by atoms with E-state index in [2.05, 4.69) is 117 Å². The van der Waals surface area contributed by atoms with Crippen LogP contribution in [-0.4, -0.2) is 46.3 Å². The maximum Gasteiger partial charge on any atom is 0.673 e. The van der Waals surface area contributed by atoms with E-state index in [0.29, 0.717) is 0 Å². The highest BCUT2D eigenvalue weighted by Gasteiger charge is 2.22. The molecule has 0 atom stereocenters. The predicted molar refractivity (Wildman–Crippen MR) is 170 cm³/mol. The zero-order chi connectivity index (χ0) is 38.5. The molecule has 49 heavy (non-hydrogen) atoms. The van der Waals surface area contributed by atoms with Crippen molar-refractivity contribution >= 4 is 21.8 Å². The molecule has 0 radical (unpaired) electrons. The minimum absolute atomic E-state index is 1.02. The molecule has 0 aliphatic heterocycles. The standard InChI is InChI=1S/C30H45N4.3BF4/c1-22-16-25(4)32(26(5)17-22)13-10-31(11-14-33-27(6)18-23(2)19-28(33)7)12-15-34-29(8)20-24(3)21-30(34)9;3*2-1(3,4)5/h16-21H,10-15H2,1-9H3;;;/q+3;3*-1. The lowest BCUT2D eigenvalue weighted by Crippen LogP contribution is -2.51. The van der Waals surface area contributed by atoms with Gasteiger partial charge in [0.15, 0.2) is 53.8 Å². The SMILES string of the molecule is Cc1cc(C)[n+](CCN(CC[n+]2c(C)cc(C)cc2C)CC[n+]2c(C)cc(C)cc2C)c(C)c1.F[B-](F)(F)F.F[B-](F)(F)F.F[B-](F)(F)F. The van der Waals surface area contributed by atoms with Crippen molar-refractivity contribution in [2.24, 2.45) is 0 Å². The van der Waals surface area contributed by atoms with Gasteiger partial charge >= 0.3 is 21.8 Å². The Hall–Kier alpha value is -3.24. The Bertz CT molecular complexity index is 1220. The van der Waals surface area contributed by atoms with Gasteiger partial charge < -0.3 is 51.8 Å². The van der Waals surface area contributed by atoms with E-state index < -0.39 is 21.8 Å². The average molecular weight is 722 g/mol. The second kappa shape index (κ2) is 19.8. The van der Waals surface area contributed by atoms with Crippen molar-refractivity contribution in [3.8, 4) is 0 Å². The number of aromatic nitrogens is 3. The zero-order valence-corrected chi connectivity index (χ0v) is 29.3.